The molecule has 3 aromatic carbocycles. The average Bonchev–Trinajstić information content (AvgIpc) is 3.12. The number of aliphatic hydroxyl groups is 1. The minimum absolute atomic E-state index is 0.302. The van der Waals surface area contributed by atoms with Crippen LogP contribution in [0, 0.1) is 0 Å². The van der Waals surface area contributed by atoms with Gasteiger partial charge in [-0.1, -0.05) is 91.0 Å². The molecule has 0 saturated carbocycles. The Labute approximate surface area is 183 Å². The molecule has 1 aliphatic rings. The van der Waals surface area contributed by atoms with Crippen molar-refractivity contribution >= 4 is 0 Å². The molecule has 0 aliphatic carbocycles. The van der Waals surface area contributed by atoms with E-state index in [1.54, 1.807) is 0 Å². The van der Waals surface area contributed by atoms with Crippen LogP contribution in [-0.2, 0) is 38.8 Å². The van der Waals surface area contributed by atoms with E-state index in [2.05, 4.69) is 0 Å². The lowest BCUT2D eigenvalue weighted by Crippen LogP contribution is -2.39. The highest BCUT2D eigenvalue weighted by molar-refractivity contribution is 5.15. The summed E-state index contributed by atoms with van der Waals surface area (Å²) >= 11 is 0. The van der Waals surface area contributed by atoms with Gasteiger partial charge in [-0.3, -0.25) is 0 Å². The second-order valence-corrected chi connectivity index (χ2v) is 7.59. The summed E-state index contributed by atoms with van der Waals surface area (Å²) < 4.78 is 23.9. The number of hydrogen-bond acceptors (Lipinski definition) is 5. The summed E-state index contributed by atoms with van der Waals surface area (Å²) in [7, 11) is 0. The van der Waals surface area contributed by atoms with Crippen molar-refractivity contribution in [2.45, 2.75) is 44.4 Å². The fourth-order valence-corrected chi connectivity index (χ4v) is 3.62. The van der Waals surface area contributed by atoms with E-state index in [9.17, 15) is 5.11 Å². The number of rotatable bonds is 10. The Morgan fingerprint density at radius 3 is 1.58 bits per heavy atom. The Morgan fingerprint density at radius 1 is 0.613 bits per heavy atom. The number of aliphatic hydroxyl groups excluding tert-OH is 1. The summed E-state index contributed by atoms with van der Waals surface area (Å²) in [4.78, 5) is 0. The summed E-state index contributed by atoms with van der Waals surface area (Å²) in [5.41, 5.74) is 3.16. The molecule has 1 heterocycles. The van der Waals surface area contributed by atoms with Crippen molar-refractivity contribution in [2.75, 3.05) is 6.61 Å². The molecule has 1 fully saturated rings. The van der Waals surface area contributed by atoms with Crippen LogP contribution in [0.4, 0.5) is 0 Å². The van der Waals surface area contributed by atoms with Gasteiger partial charge in [0, 0.05) is 0 Å². The molecule has 31 heavy (non-hydrogen) atoms. The number of benzene rings is 3. The van der Waals surface area contributed by atoms with E-state index in [1.165, 1.54) is 0 Å². The Balaban J connectivity index is 1.39. The Morgan fingerprint density at radius 2 is 1.06 bits per heavy atom. The maximum Gasteiger partial charge on any atom is 0.184 e. The van der Waals surface area contributed by atoms with Crippen LogP contribution in [0.3, 0.4) is 0 Å². The average molecular weight is 421 g/mol. The number of ether oxygens (including phenoxy) is 4. The maximum absolute atomic E-state index is 10.5. The van der Waals surface area contributed by atoms with E-state index in [-0.39, 0.29) is 0 Å². The minimum atomic E-state index is -1.07. The quantitative estimate of drug-likeness (QED) is 0.535. The second-order valence-electron chi connectivity index (χ2n) is 7.59. The van der Waals surface area contributed by atoms with Gasteiger partial charge in [-0.2, -0.15) is 0 Å². The monoisotopic (exact) mass is 420 g/mol. The van der Waals surface area contributed by atoms with Gasteiger partial charge in [0.2, 0.25) is 0 Å². The maximum atomic E-state index is 10.5. The zero-order chi connectivity index (χ0) is 21.3. The van der Waals surface area contributed by atoms with Gasteiger partial charge in [-0.25, -0.2) is 0 Å². The molecule has 3 aromatic rings. The van der Waals surface area contributed by atoms with Crippen molar-refractivity contribution in [3.8, 4) is 0 Å². The van der Waals surface area contributed by atoms with Gasteiger partial charge < -0.3 is 24.1 Å². The molecule has 0 radical (unpaired) electrons. The molecule has 1 saturated heterocycles. The zero-order valence-electron chi connectivity index (χ0n) is 17.4. The van der Waals surface area contributed by atoms with Crippen LogP contribution in [0.15, 0.2) is 91.0 Å². The summed E-state index contributed by atoms with van der Waals surface area (Å²) in [5, 5.41) is 10.5. The first-order valence-corrected chi connectivity index (χ1v) is 10.6. The van der Waals surface area contributed by atoms with Crippen molar-refractivity contribution in [1.82, 2.24) is 0 Å². The van der Waals surface area contributed by atoms with Crippen LogP contribution < -0.4 is 0 Å². The van der Waals surface area contributed by atoms with Gasteiger partial charge in [0.25, 0.3) is 0 Å². The molecule has 0 aromatic heterocycles. The van der Waals surface area contributed by atoms with Gasteiger partial charge in [0.05, 0.1) is 26.4 Å². The smallest absolute Gasteiger partial charge is 0.184 e. The fraction of sp³-hybridized carbons (Fsp3) is 0.308. The van der Waals surface area contributed by atoms with Gasteiger partial charge >= 0.3 is 0 Å². The van der Waals surface area contributed by atoms with Crippen LogP contribution in [0.1, 0.15) is 16.7 Å². The third-order valence-electron chi connectivity index (χ3n) is 5.25. The summed E-state index contributed by atoms with van der Waals surface area (Å²) in [6.45, 7) is 1.55. The van der Waals surface area contributed by atoms with Gasteiger partial charge in [0.15, 0.2) is 6.29 Å². The van der Waals surface area contributed by atoms with Crippen LogP contribution in [-0.4, -0.2) is 36.3 Å². The van der Waals surface area contributed by atoms with Crippen molar-refractivity contribution < 1.29 is 24.1 Å². The molecule has 4 atom stereocenters. The summed E-state index contributed by atoms with van der Waals surface area (Å²) in [6.07, 6.45) is -2.55. The molecule has 2 unspecified atom stereocenters. The van der Waals surface area contributed by atoms with Gasteiger partial charge in [-0.05, 0) is 16.7 Å². The third-order valence-corrected chi connectivity index (χ3v) is 5.25. The van der Waals surface area contributed by atoms with Crippen molar-refractivity contribution in [3.05, 3.63) is 108 Å². The number of hydrogen-bond donors (Lipinski definition) is 1. The van der Waals surface area contributed by atoms with E-state index in [0.717, 1.165) is 16.7 Å². The predicted octanol–water partition coefficient (Wildman–Crippen LogP) is 4.09. The predicted molar refractivity (Wildman–Crippen MR) is 117 cm³/mol. The summed E-state index contributed by atoms with van der Waals surface area (Å²) in [6, 6.07) is 29.8. The fourth-order valence-electron chi connectivity index (χ4n) is 3.62. The van der Waals surface area contributed by atoms with Gasteiger partial charge in [0.1, 0.15) is 18.3 Å². The highest BCUT2D eigenvalue weighted by Gasteiger charge is 2.45. The molecule has 0 amide bonds. The van der Waals surface area contributed by atoms with Gasteiger partial charge in [-0.15, -0.1) is 0 Å². The zero-order valence-corrected chi connectivity index (χ0v) is 17.4. The normalized spacial score (nSPS) is 23.1. The molecule has 5 heteroatoms. The third kappa shape index (κ3) is 6.23. The van der Waals surface area contributed by atoms with E-state index in [4.69, 9.17) is 18.9 Å². The van der Waals surface area contributed by atoms with Crippen molar-refractivity contribution in [2.24, 2.45) is 0 Å². The highest BCUT2D eigenvalue weighted by Crippen LogP contribution is 2.28. The molecular formula is C26H28O5. The topological polar surface area (TPSA) is 57.2 Å². The van der Waals surface area contributed by atoms with E-state index in [0.29, 0.717) is 26.4 Å². The highest BCUT2D eigenvalue weighted by atomic mass is 16.7. The van der Waals surface area contributed by atoms with E-state index < -0.39 is 24.6 Å². The second kappa shape index (κ2) is 11.2. The standard InChI is InChI=1S/C26H28O5/c27-26-25(30-18-22-14-8-3-9-15-22)24(29-17-21-12-6-2-7-13-21)23(31-26)19-28-16-20-10-4-1-5-11-20/h1-15,23-27H,16-19H2/t23?,24-,25+,26?/m1/s1. The molecule has 0 bridgehead atoms. The van der Waals surface area contributed by atoms with Crippen LogP contribution in [0.5, 0.6) is 0 Å². The molecule has 0 spiro atoms. The van der Waals surface area contributed by atoms with Crippen molar-refractivity contribution in [1.29, 1.82) is 0 Å². The molecule has 4 rings (SSSR count). The Kier molecular flexibility index (Phi) is 7.82. The first-order valence-electron chi connectivity index (χ1n) is 10.6. The largest absolute Gasteiger partial charge is 0.374 e. The Hall–Kier alpha value is -2.54. The lowest BCUT2D eigenvalue weighted by atomic mass is 10.1. The van der Waals surface area contributed by atoms with E-state index in [1.807, 2.05) is 91.0 Å². The SMILES string of the molecule is OC1OC(COCc2ccccc2)[C@@H](OCc2ccccc2)[C@@H]1OCc1ccccc1. The first kappa shape index (κ1) is 21.7. The molecule has 1 aliphatic heterocycles. The van der Waals surface area contributed by atoms with E-state index >= 15 is 0 Å². The minimum Gasteiger partial charge on any atom is -0.374 e. The first-order chi connectivity index (χ1) is 15.3. The molecule has 1 N–H and O–H groups in total. The molecule has 5 nitrogen and oxygen atoms in total. The van der Waals surface area contributed by atoms with Crippen LogP contribution in [0.2, 0.25) is 0 Å². The molecular weight excluding hydrogens is 392 g/mol. The van der Waals surface area contributed by atoms with Crippen LogP contribution >= 0.6 is 0 Å². The lowest BCUT2D eigenvalue weighted by Gasteiger charge is -2.24. The summed E-state index contributed by atoms with van der Waals surface area (Å²) in [5.74, 6) is 0. The van der Waals surface area contributed by atoms with Crippen LogP contribution in [0.25, 0.3) is 0 Å². The Bertz CT molecular complexity index is 887. The van der Waals surface area contributed by atoms with Crippen molar-refractivity contribution in [3.63, 3.8) is 0 Å². The molecule has 162 valence electrons. The lowest BCUT2D eigenvalue weighted by molar-refractivity contribution is -0.153.